The molecular weight excluding hydrogens is 942 g/mol. The predicted molar refractivity (Wildman–Crippen MR) is 250 cm³/mol. The number of aromatic nitrogens is 2. The van der Waals surface area contributed by atoms with Gasteiger partial charge in [-0.2, -0.15) is 0 Å². The zero-order chi connectivity index (χ0) is 40.0. The van der Waals surface area contributed by atoms with Crippen molar-refractivity contribution in [2.24, 2.45) is 0 Å². The topological polar surface area (TPSA) is 29.0 Å². The Morgan fingerprint density at radius 2 is 0.900 bits per heavy atom. The summed E-state index contributed by atoms with van der Waals surface area (Å²) in [5, 5.41) is 7.69. The van der Waals surface area contributed by atoms with E-state index in [1.165, 1.54) is 42.2 Å². The molecule has 0 saturated carbocycles. The van der Waals surface area contributed by atoms with E-state index >= 15 is 0 Å². The average molecular weight is 983 g/mol. The molecular formula is C54H41N3PtSi2. The van der Waals surface area contributed by atoms with E-state index in [2.05, 4.69) is 237 Å². The third kappa shape index (κ3) is 8.43. The zero-order valence-corrected chi connectivity index (χ0v) is 37.6. The van der Waals surface area contributed by atoms with Gasteiger partial charge in [-0.05, 0) is 85.8 Å². The number of hydrogen-bond donors (Lipinski definition) is 0. The molecule has 0 unspecified atom stereocenters. The van der Waals surface area contributed by atoms with Crippen molar-refractivity contribution in [2.75, 3.05) is 4.90 Å². The predicted octanol–water partition coefficient (Wildman–Crippen LogP) is 8.53. The Morgan fingerprint density at radius 3 is 1.35 bits per heavy atom. The maximum absolute atomic E-state index is 5.22. The van der Waals surface area contributed by atoms with Crippen LogP contribution in [-0.2, 0) is 21.1 Å². The fourth-order valence-electron chi connectivity index (χ4n) is 8.12. The van der Waals surface area contributed by atoms with Crippen LogP contribution >= 0.6 is 0 Å². The molecule has 3 nitrogen and oxygen atoms in total. The molecule has 0 spiro atoms. The normalized spacial score (nSPS) is 11.1. The summed E-state index contributed by atoms with van der Waals surface area (Å²) < 4.78 is 0. The molecule has 7 aromatic carbocycles. The number of aryl methyl sites for hydroxylation is 2. The molecule has 0 aliphatic rings. The van der Waals surface area contributed by atoms with Crippen LogP contribution in [0.4, 0.5) is 17.1 Å². The summed E-state index contributed by atoms with van der Waals surface area (Å²) in [7, 11) is -2.14. The third-order valence-electron chi connectivity index (χ3n) is 10.7. The molecule has 2 heterocycles. The van der Waals surface area contributed by atoms with E-state index in [4.69, 9.17) is 9.97 Å². The van der Waals surface area contributed by atoms with Gasteiger partial charge in [-0.25, -0.2) is 0 Å². The van der Waals surface area contributed by atoms with Crippen LogP contribution in [0.25, 0.3) is 22.5 Å². The minimum Gasteiger partial charge on any atom is -0.346 e. The Balaban J connectivity index is 0.00000499. The molecule has 290 valence electrons. The molecule has 60 heavy (non-hydrogen) atoms. The van der Waals surface area contributed by atoms with E-state index in [9.17, 15) is 0 Å². The molecule has 2 aromatic heterocycles. The Bertz CT molecular complexity index is 2690. The molecule has 9 rings (SSSR count). The molecule has 2 radical (unpaired) electrons. The standard InChI is InChI=1S/C54H41N3Si2.Pt/c1-40-33-41(2)35-46(34-40)57(44-19-15-17-42(36-44)53-31-29-48(38-55-53)58-47-21-7-3-8-22-47)45-20-16-18-43(37-45)54-32-30-52(39-56-54)59(49-23-9-4-10-24-49,50-25-11-5-12-26-50)51-27-13-6-14-28-51;/h3-35,38-39H,1-2H3;/q-2;+2. The Hall–Kier alpha value is -6.24. The second-order valence-corrected chi connectivity index (χ2v) is 20.0. The molecule has 0 saturated heterocycles. The first-order valence-corrected chi connectivity index (χ1v) is 22.9. The molecule has 0 amide bonds. The quantitative estimate of drug-likeness (QED) is 0.0740. The second kappa shape index (κ2) is 18.4. The van der Waals surface area contributed by atoms with Crippen LogP contribution in [0.1, 0.15) is 11.1 Å². The van der Waals surface area contributed by atoms with Gasteiger partial charge in [-0.15, -0.1) is 59.7 Å². The van der Waals surface area contributed by atoms with E-state index in [1.807, 2.05) is 6.20 Å². The van der Waals surface area contributed by atoms with E-state index in [0.717, 1.165) is 39.6 Å². The summed E-state index contributed by atoms with van der Waals surface area (Å²) in [4.78, 5) is 12.4. The molecule has 9 aromatic rings. The van der Waals surface area contributed by atoms with Crippen molar-refractivity contribution in [1.82, 2.24) is 9.97 Å². The van der Waals surface area contributed by atoms with E-state index in [-0.39, 0.29) is 21.1 Å². The summed E-state index contributed by atoms with van der Waals surface area (Å²) in [6, 6.07) is 78.9. The smallest absolute Gasteiger partial charge is 0.346 e. The largest absolute Gasteiger partial charge is 2.00 e. The van der Waals surface area contributed by atoms with Crippen LogP contribution in [0.3, 0.4) is 0 Å². The summed E-state index contributed by atoms with van der Waals surface area (Å²) in [5.74, 6) is 0. The van der Waals surface area contributed by atoms with Crippen LogP contribution < -0.4 is 36.0 Å². The van der Waals surface area contributed by atoms with Crippen LogP contribution in [0.5, 0.6) is 0 Å². The van der Waals surface area contributed by atoms with Gasteiger partial charge in [0, 0.05) is 18.1 Å². The van der Waals surface area contributed by atoms with Gasteiger partial charge in [-0.1, -0.05) is 157 Å². The third-order valence-corrected chi connectivity index (χ3v) is 16.7. The Morgan fingerprint density at radius 1 is 0.433 bits per heavy atom. The number of hydrogen-bond acceptors (Lipinski definition) is 3. The van der Waals surface area contributed by atoms with Crippen molar-refractivity contribution >= 4 is 65.8 Å². The summed E-state index contributed by atoms with van der Waals surface area (Å²) in [6.45, 7) is 4.29. The maximum atomic E-state index is 5.22. The average Bonchev–Trinajstić information content (AvgIpc) is 3.29. The Kier molecular flexibility index (Phi) is 12.4. The van der Waals surface area contributed by atoms with Gasteiger partial charge in [0.25, 0.3) is 0 Å². The van der Waals surface area contributed by atoms with Crippen LogP contribution in [0, 0.1) is 26.0 Å². The molecule has 0 aliphatic carbocycles. The van der Waals surface area contributed by atoms with Gasteiger partial charge in [-0.3, -0.25) is 0 Å². The molecule has 6 heteroatoms. The number of pyridine rings is 2. The second-order valence-electron chi connectivity index (χ2n) is 14.8. The number of benzene rings is 7. The Labute approximate surface area is 371 Å². The minimum atomic E-state index is -2.70. The van der Waals surface area contributed by atoms with Crippen LogP contribution in [0.15, 0.2) is 213 Å². The van der Waals surface area contributed by atoms with Crippen molar-refractivity contribution in [2.45, 2.75) is 13.8 Å². The fourth-order valence-corrected chi connectivity index (χ4v) is 13.8. The summed E-state index contributed by atoms with van der Waals surface area (Å²) in [5.41, 5.74) is 8.84. The summed E-state index contributed by atoms with van der Waals surface area (Å²) in [6.07, 6.45) is 4.09. The van der Waals surface area contributed by atoms with Gasteiger partial charge < -0.3 is 14.9 Å². The van der Waals surface area contributed by atoms with E-state index in [0.29, 0.717) is 9.52 Å². The van der Waals surface area contributed by atoms with Gasteiger partial charge >= 0.3 is 21.1 Å². The maximum Gasteiger partial charge on any atom is 2.00 e. The molecule has 0 atom stereocenters. The first-order valence-electron chi connectivity index (χ1n) is 19.9. The monoisotopic (exact) mass is 982 g/mol. The van der Waals surface area contributed by atoms with Crippen molar-refractivity contribution in [1.29, 1.82) is 0 Å². The van der Waals surface area contributed by atoms with Gasteiger partial charge in [0.2, 0.25) is 0 Å². The summed E-state index contributed by atoms with van der Waals surface area (Å²) >= 11 is 0. The van der Waals surface area contributed by atoms with Gasteiger partial charge in [0.05, 0.1) is 0 Å². The molecule has 0 N–H and O–H groups in total. The van der Waals surface area contributed by atoms with Gasteiger partial charge in [0.15, 0.2) is 8.07 Å². The van der Waals surface area contributed by atoms with Crippen molar-refractivity contribution in [3.05, 3.63) is 236 Å². The number of nitrogens with zero attached hydrogens (tertiary/aromatic N) is 3. The van der Waals surface area contributed by atoms with Crippen LogP contribution in [0.2, 0.25) is 0 Å². The molecule has 0 bridgehead atoms. The fraction of sp³-hybridized carbons (Fsp3) is 0.0370. The molecule has 0 fully saturated rings. The van der Waals surface area contributed by atoms with E-state index in [1.54, 1.807) is 0 Å². The first kappa shape index (κ1) is 40.5. The van der Waals surface area contributed by atoms with Crippen molar-refractivity contribution in [3.63, 3.8) is 0 Å². The van der Waals surface area contributed by atoms with Gasteiger partial charge in [0.1, 0.15) is 9.52 Å². The van der Waals surface area contributed by atoms with Crippen LogP contribution in [-0.4, -0.2) is 27.6 Å². The number of anilines is 3. The number of rotatable bonds is 11. The minimum absolute atomic E-state index is 0. The van der Waals surface area contributed by atoms with E-state index < -0.39 is 8.07 Å². The van der Waals surface area contributed by atoms with Crippen molar-refractivity contribution in [3.8, 4) is 22.5 Å². The zero-order valence-electron chi connectivity index (χ0n) is 33.4. The SMILES string of the molecule is Cc1cc(C)cc(N(c2[c-]c(-c3ccc([Si]c4ccccc4)cn3)ccc2)c2[c-]c(-c3ccc([Si](c4ccccc4)(c4ccccc4)c4ccccc4)cn3)ccc2)c1.[Pt+2]. The molecule has 0 aliphatic heterocycles. The van der Waals surface area contributed by atoms with Crippen molar-refractivity contribution < 1.29 is 21.1 Å². The first-order chi connectivity index (χ1) is 29.0.